The molecule has 0 fully saturated rings. The Kier molecular flexibility index (Phi) is 7.38. The van der Waals surface area contributed by atoms with Gasteiger partial charge in [-0.25, -0.2) is 0 Å². The van der Waals surface area contributed by atoms with E-state index in [1.807, 2.05) is 75.4 Å². The van der Waals surface area contributed by atoms with Gasteiger partial charge in [-0.3, -0.25) is 14.6 Å². The highest BCUT2D eigenvalue weighted by Gasteiger charge is 2.13. The molecule has 160 valence electrons. The number of carbonyl (C=O) groups is 2. The normalized spacial score (nSPS) is 11.5. The highest BCUT2D eigenvalue weighted by molar-refractivity contribution is 5.96. The van der Waals surface area contributed by atoms with Crippen molar-refractivity contribution in [3.63, 3.8) is 0 Å². The van der Waals surface area contributed by atoms with Gasteiger partial charge in [-0.05, 0) is 73.9 Å². The van der Waals surface area contributed by atoms with Gasteiger partial charge in [0.25, 0.3) is 5.91 Å². The minimum absolute atomic E-state index is 0.0913. The molecular formula is C25H27N3O3. The Balaban J connectivity index is 1.51. The molecule has 0 aliphatic rings. The third kappa shape index (κ3) is 6.40. The summed E-state index contributed by atoms with van der Waals surface area (Å²) in [4.78, 5) is 28.8. The Morgan fingerprint density at radius 2 is 1.84 bits per heavy atom. The number of benzene rings is 2. The highest BCUT2D eigenvalue weighted by Crippen LogP contribution is 2.20. The van der Waals surface area contributed by atoms with E-state index in [0.717, 1.165) is 22.4 Å². The molecule has 6 nitrogen and oxygen atoms in total. The number of pyridine rings is 1. The molecule has 0 bridgehead atoms. The fourth-order valence-corrected chi connectivity index (χ4v) is 3.04. The molecule has 3 rings (SSSR count). The average Bonchev–Trinajstić information content (AvgIpc) is 2.78. The molecule has 1 atom stereocenters. The SMILES string of the molecule is Cc1ccc(C(=O)NCC(=O)NC(C)c2cccc(OCc3ccccn3)c2)cc1C. The number of nitrogens with zero attached hydrogens (tertiary/aromatic N) is 1. The Labute approximate surface area is 182 Å². The first-order chi connectivity index (χ1) is 14.9. The smallest absolute Gasteiger partial charge is 0.251 e. The Hall–Kier alpha value is -3.67. The molecule has 0 radical (unpaired) electrons. The molecule has 2 N–H and O–H groups in total. The van der Waals surface area contributed by atoms with Crippen LogP contribution in [0.2, 0.25) is 0 Å². The lowest BCUT2D eigenvalue weighted by atomic mass is 10.1. The van der Waals surface area contributed by atoms with E-state index >= 15 is 0 Å². The zero-order valence-electron chi connectivity index (χ0n) is 18.0. The van der Waals surface area contributed by atoms with Crippen molar-refractivity contribution in [2.75, 3.05) is 6.54 Å². The zero-order chi connectivity index (χ0) is 22.2. The summed E-state index contributed by atoms with van der Waals surface area (Å²) >= 11 is 0. The maximum Gasteiger partial charge on any atom is 0.251 e. The van der Waals surface area contributed by atoms with Gasteiger partial charge in [0.2, 0.25) is 5.91 Å². The summed E-state index contributed by atoms with van der Waals surface area (Å²) in [6.45, 7) is 6.11. The van der Waals surface area contributed by atoms with Gasteiger partial charge in [0.05, 0.1) is 18.3 Å². The fraction of sp³-hybridized carbons (Fsp3) is 0.240. The van der Waals surface area contributed by atoms with Crippen LogP contribution in [0, 0.1) is 13.8 Å². The number of amides is 2. The molecule has 6 heteroatoms. The lowest BCUT2D eigenvalue weighted by molar-refractivity contribution is -0.120. The van der Waals surface area contributed by atoms with Gasteiger partial charge in [-0.15, -0.1) is 0 Å². The molecule has 2 amide bonds. The second-order valence-electron chi connectivity index (χ2n) is 7.45. The van der Waals surface area contributed by atoms with Gasteiger partial charge in [-0.2, -0.15) is 0 Å². The Bertz CT molecular complexity index is 1050. The lowest BCUT2D eigenvalue weighted by Crippen LogP contribution is -2.38. The first-order valence-electron chi connectivity index (χ1n) is 10.2. The minimum Gasteiger partial charge on any atom is -0.487 e. The number of aryl methyl sites for hydroxylation is 2. The van der Waals surface area contributed by atoms with Crippen molar-refractivity contribution in [3.05, 3.63) is 94.8 Å². The average molecular weight is 418 g/mol. The summed E-state index contributed by atoms with van der Waals surface area (Å²) in [5, 5.41) is 5.57. The zero-order valence-corrected chi connectivity index (χ0v) is 18.0. The molecule has 1 aromatic heterocycles. The van der Waals surface area contributed by atoms with Gasteiger partial charge in [-0.1, -0.05) is 24.3 Å². The van der Waals surface area contributed by atoms with Crippen LogP contribution in [-0.4, -0.2) is 23.3 Å². The minimum atomic E-state index is -0.268. The number of ether oxygens (including phenoxy) is 1. The molecule has 3 aromatic rings. The number of hydrogen-bond acceptors (Lipinski definition) is 4. The van der Waals surface area contributed by atoms with Crippen LogP contribution in [0.4, 0.5) is 0 Å². The topological polar surface area (TPSA) is 80.3 Å². The number of nitrogens with one attached hydrogen (secondary N) is 2. The molecule has 1 unspecified atom stereocenters. The second-order valence-corrected chi connectivity index (χ2v) is 7.45. The van der Waals surface area contributed by atoms with Gasteiger partial charge >= 0.3 is 0 Å². The fourth-order valence-electron chi connectivity index (χ4n) is 3.04. The van der Waals surface area contributed by atoms with Crippen molar-refractivity contribution in [1.82, 2.24) is 15.6 Å². The van der Waals surface area contributed by atoms with E-state index in [-0.39, 0.29) is 24.4 Å². The quantitative estimate of drug-likeness (QED) is 0.583. The standard InChI is InChI=1S/C25H27N3O3/c1-17-10-11-21(13-18(17)2)25(30)27-15-24(29)28-19(3)20-7-6-9-23(14-20)31-16-22-8-4-5-12-26-22/h4-14,19H,15-16H2,1-3H3,(H,27,30)(H,28,29). The van der Waals surface area contributed by atoms with Gasteiger partial charge < -0.3 is 15.4 Å². The van der Waals surface area contributed by atoms with Crippen LogP contribution in [-0.2, 0) is 11.4 Å². The van der Waals surface area contributed by atoms with E-state index in [9.17, 15) is 9.59 Å². The van der Waals surface area contributed by atoms with Crippen molar-refractivity contribution in [1.29, 1.82) is 0 Å². The van der Waals surface area contributed by atoms with E-state index < -0.39 is 0 Å². The number of hydrogen-bond donors (Lipinski definition) is 2. The molecule has 0 spiro atoms. The first kappa shape index (κ1) is 22.0. The van der Waals surface area contributed by atoms with Crippen LogP contribution in [0.25, 0.3) is 0 Å². The number of aromatic nitrogens is 1. The predicted octanol–water partition coefficient (Wildman–Crippen LogP) is 3.88. The molecule has 0 saturated heterocycles. The summed E-state index contributed by atoms with van der Waals surface area (Å²) in [5.74, 6) is 0.174. The summed E-state index contributed by atoms with van der Waals surface area (Å²) in [7, 11) is 0. The van der Waals surface area contributed by atoms with Crippen LogP contribution in [0.15, 0.2) is 66.9 Å². The lowest BCUT2D eigenvalue weighted by Gasteiger charge is -2.16. The molecular weight excluding hydrogens is 390 g/mol. The van der Waals surface area contributed by atoms with E-state index in [2.05, 4.69) is 15.6 Å². The van der Waals surface area contributed by atoms with Crippen LogP contribution >= 0.6 is 0 Å². The molecule has 2 aromatic carbocycles. The van der Waals surface area contributed by atoms with Crippen LogP contribution in [0.1, 0.15) is 45.7 Å². The van der Waals surface area contributed by atoms with Crippen molar-refractivity contribution in [2.24, 2.45) is 0 Å². The monoisotopic (exact) mass is 417 g/mol. The van der Waals surface area contributed by atoms with Crippen LogP contribution in [0.3, 0.4) is 0 Å². The summed E-state index contributed by atoms with van der Waals surface area (Å²) in [5.41, 5.74) is 4.45. The second kappa shape index (κ2) is 10.4. The molecule has 0 aliphatic carbocycles. The summed E-state index contributed by atoms with van der Waals surface area (Å²) < 4.78 is 5.80. The number of rotatable bonds is 8. The predicted molar refractivity (Wildman–Crippen MR) is 120 cm³/mol. The summed E-state index contributed by atoms with van der Waals surface area (Å²) in [6.07, 6.45) is 1.73. The van der Waals surface area contributed by atoms with Gasteiger partial charge in [0.15, 0.2) is 0 Å². The third-order valence-electron chi connectivity index (χ3n) is 5.03. The van der Waals surface area contributed by atoms with E-state index in [1.165, 1.54) is 0 Å². The van der Waals surface area contributed by atoms with Crippen molar-refractivity contribution in [3.8, 4) is 5.75 Å². The third-order valence-corrected chi connectivity index (χ3v) is 5.03. The van der Waals surface area contributed by atoms with Gasteiger partial charge in [0, 0.05) is 11.8 Å². The number of carbonyl (C=O) groups excluding carboxylic acids is 2. The summed E-state index contributed by atoms with van der Waals surface area (Å²) in [6, 6.07) is 18.5. The largest absolute Gasteiger partial charge is 0.487 e. The van der Waals surface area contributed by atoms with Crippen molar-refractivity contribution < 1.29 is 14.3 Å². The maximum absolute atomic E-state index is 12.3. The molecule has 1 heterocycles. The van der Waals surface area contributed by atoms with Crippen LogP contribution < -0.4 is 15.4 Å². The first-order valence-corrected chi connectivity index (χ1v) is 10.2. The molecule has 31 heavy (non-hydrogen) atoms. The van der Waals surface area contributed by atoms with Crippen LogP contribution in [0.5, 0.6) is 5.75 Å². The molecule has 0 saturated carbocycles. The Morgan fingerprint density at radius 1 is 1.00 bits per heavy atom. The van der Waals surface area contributed by atoms with Crippen molar-refractivity contribution >= 4 is 11.8 Å². The Morgan fingerprint density at radius 3 is 2.58 bits per heavy atom. The molecule has 0 aliphatic heterocycles. The van der Waals surface area contributed by atoms with Gasteiger partial charge in [0.1, 0.15) is 12.4 Å². The van der Waals surface area contributed by atoms with E-state index in [1.54, 1.807) is 12.3 Å². The maximum atomic E-state index is 12.3. The van der Waals surface area contributed by atoms with E-state index in [0.29, 0.717) is 17.9 Å². The highest BCUT2D eigenvalue weighted by atomic mass is 16.5. The van der Waals surface area contributed by atoms with Crippen molar-refractivity contribution in [2.45, 2.75) is 33.4 Å². The van der Waals surface area contributed by atoms with E-state index in [4.69, 9.17) is 4.74 Å².